The Morgan fingerprint density at radius 2 is 1.71 bits per heavy atom. The molecule has 174 valence electrons. The number of hydrazone groups is 1. The molecule has 0 amide bonds. The van der Waals surface area contributed by atoms with E-state index in [9.17, 15) is 0 Å². The second kappa shape index (κ2) is 11.6. The van der Waals surface area contributed by atoms with Gasteiger partial charge in [0.1, 0.15) is 5.75 Å². The van der Waals surface area contributed by atoms with Crippen molar-refractivity contribution in [3.05, 3.63) is 89.5 Å². The predicted molar refractivity (Wildman–Crippen MR) is 145 cm³/mol. The molecule has 0 bridgehead atoms. The number of rotatable bonds is 10. The third-order valence-corrected chi connectivity index (χ3v) is 6.72. The van der Waals surface area contributed by atoms with E-state index in [1.54, 1.807) is 17.6 Å². The summed E-state index contributed by atoms with van der Waals surface area (Å²) in [6.07, 6.45) is 5.29. The molecule has 4 rings (SSSR count). The number of unbranched alkanes of at least 4 members (excludes halogenated alkanes) is 2. The number of nitrogens with zero attached hydrogens (tertiary/aromatic N) is 2. The van der Waals surface area contributed by atoms with E-state index in [1.807, 2.05) is 30.3 Å². The second-order valence-electron chi connectivity index (χ2n) is 8.36. The van der Waals surface area contributed by atoms with Crippen LogP contribution in [0, 0.1) is 13.8 Å². The van der Waals surface area contributed by atoms with Crippen LogP contribution in [0.25, 0.3) is 21.7 Å². The van der Waals surface area contributed by atoms with Crippen LogP contribution in [-0.4, -0.2) is 17.8 Å². The van der Waals surface area contributed by atoms with Gasteiger partial charge in [-0.1, -0.05) is 73.6 Å². The largest absolute Gasteiger partial charge is 0.494 e. The minimum atomic E-state index is 0.763. The number of ether oxygens (including phenoxy) is 1. The monoisotopic (exact) mass is 469 g/mol. The minimum absolute atomic E-state index is 0.763. The van der Waals surface area contributed by atoms with Crippen LogP contribution in [0.1, 0.15) is 42.9 Å². The van der Waals surface area contributed by atoms with E-state index in [2.05, 4.69) is 73.8 Å². The summed E-state index contributed by atoms with van der Waals surface area (Å²) < 4.78 is 5.78. The zero-order valence-electron chi connectivity index (χ0n) is 20.0. The van der Waals surface area contributed by atoms with Gasteiger partial charge in [-0.15, -0.1) is 0 Å². The van der Waals surface area contributed by atoms with Crippen molar-refractivity contribution in [3.8, 4) is 27.4 Å². The molecule has 0 aliphatic rings. The van der Waals surface area contributed by atoms with Gasteiger partial charge >= 0.3 is 0 Å². The molecule has 1 N–H and O–H groups in total. The van der Waals surface area contributed by atoms with Gasteiger partial charge in [-0.2, -0.15) is 5.10 Å². The topological polar surface area (TPSA) is 46.5 Å². The first-order chi connectivity index (χ1) is 16.6. The Kier molecular flexibility index (Phi) is 8.10. The van der Waals surface area contributed by atoms with E-state index in [0.717, 1.165) is 51.2 Å². The molecule has 0 spiro atoms. The van der Waals surface area contributed by atoms with E-state index < -0.39 is 0 Å². The van der Waals surface area contributed by atoms with Crippen LogP contribution in [-0.2, 0) is 0 Å². The molecule has 0 fully saturated rings. The molecule has 1 aromatic heterocycles. The average Bonchev–Trinajstić information content (AvgIpc) is 3.29. The fraction of sp³-hybridized carbons (Fsp3) is 0.241. The van der Waals surface area contributed by atoms with Crippen molar-refractivity contribution >= 4 is 22.7 Å². The van der Waals surface area contributed by atoms with Gasteiger partial charge in [0.05, 0.1) is 23.4 Å². The van der Waals surface area contributed by atoms with E-state index in [0.29, 0.717) is 0 Å². The summed E-state index contributed by atoms with van der Waals surface area (Å²) in [5.41, 5.74) is 9.91. The van der Waals surface area contributed by atoms with Crippen molar-refractivity contribution in [1.82, 2.24) is 4.98 Å². The van der Waals surface area contributed by atoms with Crippen molar-refractivity contribution in [1.29, 1.82) is 0 Å². The maximum absolute atomic E-state index is 5.78. The van der Waals surface area contributed by atoms with Gasteiger partial charge < -0.3 is 4.74 Å². The maximum Gasteiger partial charge on any atom is 0.204 e. The lowest BCUT2D eigenvalue weighted by molar-refractivity contribution is 0.306. The van der Waals surface area contributed by atoms with Crippen LogP contribution in [0.15, 0.2) is 77.9 Å². The number of aryl methyl sites for hydroxylation is 2. The Morgan fingerprint density at radius 1 is 0.912 bits per heavy atom. The first-order valence-electron chi connectivity index (χ1n) is 11.8. The van der Waals surface area contributed by atoms with E-state index >= 15 is 0 Å². The predicted octanol–water partition coefficient (Wildman–Crippen LogP) is 8.11. The Morgan fingerprint density at radius 3 is 2.44 bits per heavy atom. The highest BCUT2D eigenvalue weighted by atomic mass is 32.1. The Bertz CT molecular complexity index is 1230. The summed E-state index contributed by atoms with van der Waals surface area (Å²) in [7, 11) is 0. The van der Waals surface area contributed by atoms with Crippen LogP contribution >= 0.6 is 11.3 Å². The molecule has 0 radical (unpaired) electrons. The van der Waals surface area contributed by atoms with E-state index in [-0.39, 0.29) is 0 Å². The molecule has 0 aliphatic carbocycles. The Balaban J connectivity index is 1.49. The SMILES string of the molecule is CCCCCOc1ccc(/C=N\Nc2nc(-c3ccc(C)c(C)c3)c(-c3ccccc3)s2)cc1. The molecule has 0 atom stereocenters. The second-order valence-corrected chi connectivity index (χ2v) is 9.36. The van der Waals surface area contributed by atoms with Gasteiger partial charge in [0.2, 0.25) is 5.13 Å². The number of hydrogen-bond donors (Lipinski definition) is 1. The molecular formula is C29H31N3OS. The van der Waals surface area contributed by atoms with Crippen molar-refractivity contribution in [2.45, 2.75) is 40.0 Å². The van der Waals surface area contributed by atoms with E-state index in [4.69, 9.17) is 9.72 Å². The fourth-order valence-electron chi connectivity index (χ4n) is 3.59. The smallest absolute Gasteiger partial charge is 0.204 e. The van der Waals surface area contributed by atoms with Gasteiger partial charge in [-0.25, -0.2) is 4.98 Å². The van der Waals surface area contributed by atoms with Gasteiger partial charge in [-0.05, 0) is 72.9 Å². The fourth-order valence-corrected chi connectivity index (χ4v) is 4.53. The quantitative estimate of drug-likeness (QED) is 0.145. The van der Waals surface area contributed by atoms with Crippen LogP contribution in [0.2, 0.25) is 0 Å². The highest BCUT2D eigenvalue weighted by Crippen LogP contribution is 2.39. The number of aromatic nitrogens is 1. The Labute approximate surface area is 206 Å². The highest BCUT2D eigenvalue weighted by Gasteiger charge is 2.15. The first kappa shape index (κ1) is 23.7. The van der Waals surface area contributed by atoms with Crippen molar-refractivity contribution in [2.24, 2.45) is 5.10 Å². The molecule has 5 heteroatoms. The van der Waals surface area contributed by atoms with Crippen LogP contribution in [0.5, 0.6) is 5.75 Å². The zero-order valence-corrected chi connectivity index (χ0v) is 20.9. The highest BCUT2D eigenvalue weighted by molar-refractivity contribution is 7.19. The molecular weight excluding hydrogens is 438 g/mol. The summed E-state index contributed by atoms with van der Waals surface area (Å²) in [5.74, 6) is 0.895. The lowest BCUT2D eigenvalue weighted by Gasteiger charge is -2.05. The number of anilines is 1. The van der Waals surface area contributed by atoms with E-state index in [1.165, 1.54) is 24.0 Å². The van der Waals surface area contributed by atoms with Crippen molar-refractivity contribution < 1.29 is 4.74 Å². The van der Waals surface area contributed by atoms with Crippen molar-refractivity contribution in [2.75, 3.05) is 12.0 Å². The number of thiazole rings is 1. The molecule has 0 aliphatic heterocycles. The summed E-state index contributed by atoms with van der Waals surface area (Å²) in [6.45, 7) is 7.23. The molecule has 4 aromatic rings. The van der Waals surface area contributed by atoms with Crippen LogP contribution in [0.4, 0.5) is 5.13 Å². The molecule has 0 saturated carbocycles. The van der Waals surface area contributed by atoms with Gasteiger partial charge in [-0.3, -0.25) is 5.43 Å². The third kappa shape index (κ3) is 6.12. The van der Waals surface area contributed by atoms with Crippen LogP contribution in [0.3, 0.4) is 0 Å². The van der Waals surface area contributed by atoms with Crippen molar-refractivity contribution in [3.63, 3.8) is 0 Å². The summed E-state index contributed by atoms with van der Waals surface area (Å²) in [5, 5.41) is 5.20. The van der Waals surface area contributed by atoms with Crippen LogP contribution < -0.4 is 10.2 Å². The number of hydrogen-bond acceptors (Lipinski definition) is 5. The molecule has 0 saturated heterocycles. The standard InChI is InChI=1S/C29H31N3OS/c1-4-5-9-18-33-26-16-13-23(14-17-26)20-30-32-29-31-27(25-15-12-21(2)22(3)19-25)28(34-29)24-10-7-6-8-11-24/h6-8,10-17,19-20H,4-5,9,18H2,1-3H3,(H,31,32)/b30-20-. The summed E-state index contributed by atoms with van der Waals surface area (Å²) in [6, 6.07) is 24.9. The Hall–Kier alpha value is -3.44. The molecule has 0 unspecified atom stereocenters. The molecule has 3 aromatic carbocycles. The minimum Gasteiger partial charge on any atom is -0.494 e. The lowest BCUT2D eigenvalue weighted by atomic mass is 10.0. The van der Waals surface area contributed by atoms with Gasteiger partial charge in [0.25, 0.3) is 0 Å². The third-order valence-electron chi connectivity index (χ3n) is 5.71. The zero-order chi connectivity index (χ0) is 23.8. The number of benzene rings is 3. The summed E-state index contributed by atoms with van der Waals surface area (Å²) in [4.78, 5) is 6.03. The van der Waals surface area contributed by atoms with Gasteiger partial charge in [0.15, 0.2) is 0 Å². The first-order valence-corrected chi connectivity index (χ1v) is 12.6. The average molecular weight is 470 g/mol. The van der Waals surface area contributed by atoms with Gasteiger partial charge in [0, 0.05) is 5.56 Å². The number of nitrogens with one attached hydrogen (secondary N) is 1. The maximum atomic E-state index is 5.78. The molecule has 4 nitrogen and oxygen atoms in total. The lowest BCUT2D eigenvalue weighted by Crippen LogP contribution is -1.97. The molecule has 1 heterocycles. The summed E-state index contributed by atoms with van der Waals surface area (Å²) >= 11 is 1.61. The normalized spacial score (nSPS) is 11.1. The molecule has 34 heavy (non-hydrogen) atoms.